The van der Waals surface area contributed by atoms with Crippen molar-refractivity contribution in [1.82, 2.24) is 9.97 Å². The molecule has 108 valence electrons. The van der Waals surface area contributed by atoms with Crippen molar-refractivity contribution in [2.75, 3.05) is 19.5 Å². The lowest BCUT2D eigenvalue weighted by atomic mass is 10.1. The zero-order valence-electron chi connectivity index (χ0n) is 11.9. The van der Waals surface area contributed by atoms with Crippen LogP contribution in [0.5, 0.6) is 11.8 Å². The van der Waals surface area contributed by atoms with E-state index in [1.54, 1.807) is 26.5 Å². The molecular weight excluding hydrogens is 258 g/mol. The van der Waals surface area contributed by atoms with Crippen molar-refractivity contribution in [3.63, 3.8) is 0 Å². The molecule has 0 bridgehead atoms. The minimum Gasteiger partial charge on any atom is -0.481 e. The molecule has 1 N–H and O–H groups in total. The highest BCUT2D eigenvalue weighted by atomic mass is 16.5. The maximum Gasteiger partial charge on any atom is 0.229 e. The number of nitrogens with zero attached hydrogens (tertiary/aromatic N) is 2. The molecular formula is C14H19N3O3. The zero-order valence-corrected chi connectivity index (χ0v) is 11.9. The molecule has 2 aromatic heterocycles. The molecule has 0 saturated carbocycles. The number of ether oxygens (including phenoxy) is 2. The molecule has 20 heavy (non-hydrogen) atoms. The maximum absolute atomic E-state index is 5.31. The van der Waals surface area contributed by atoms with Crippen molar-refractivity contribution in [3.05, 3.63) is 30.2 Å². The molecule has 0 aliphatic carbocycles. The lowest BCUT2D eigenvalue weighted by Gasteiger charge is -2.14. The van der Waals surface area contributed by atoms with Crippen LogP contribution in [0.1, 0.15) is 19.1 Å². The molecule has 2 aromatic rings. The van der Waals surface area contributed by atoms with Crippen LogP contribution in [0, 0.1) is 0 Å². The summed E-state index contributed by atoms with van der Waals surface area (Å²) in [5.74, 6) is 2.41. The number of methoxy groups -OCH3 is 2. The van der Waals surface area contributed by atoms with Gasteiger partial charge in [0, 0.05) is 12.5 Å². The summed E-state index contributed by atoms with van der Waals surface area (Å²) in [4.78, 5) is 8.47. The topological polar surface area (TPSA) is 69.4 Å². The van der Waals surface area contributed by atoms with Gasteiger partial charge in [-0.15, -0.1) is 0 Å². The van der Waals surface area contributed by atoms with Crippen LogP contribution < -0.4 is 14.8 Å². The molecule has 1 unspecified atom stereocenters. The van der Waals surface area contributed by atoms with Crippen LogP contribution in [0.2, 0.25) is 0 Å². The number of aryl methyl sites for hydroxylation is 1. The standard InChI is InChI=1S/C14H19N3O3/c1-10(6-7-11-5-4-8-20-11)15-14-16-12(18-2)9-13(17-14)19-3/h4-5,8-10H,6-7H2,1-3H3,(H,15,16,17). The van der Waals surface area contributed by atoms with Gasteiger partial charge in [-0.25, -0.2) is 0 Å². The fourth-order valence-electron chi connectivity index (χ4n) is 1.78. The summed E-state index contributed by atoms with van der Waals surface area (Å²) in [6, 6.07) is 5.71. The van der Waals surface area contributed by atoms with Gasteiger partial charge in [-0.1, -0.05) is 0 Å². The monoisotopic (exact) mass is 277 g/mol. The van der Waals surface area contributed by atoms with Crippen molar-refractivity contribution in [3.8, 4) is 11.8 Å². The van der Waals surface area contributed by atoms with E-state index in [1.807, 2.05) is 12.1 Å². The van der Waals surface area contributed by atoms with Gasteiger partial charge in [0.05, 0.1) is 26.5 Å². The van der Waals surface area contributed by atoms with Crippen LogP contribution in [0.25, 0.3) is 0 Å². The molecule has 6 heteroatoms. The number of hydrogen-bond acceptors (Lipinski definition) is 6. The van der Waals surface area contributed by atoms with Crippen molar-refractivity contribution < 1.29 is 13.9 Å². The summed E-state index contributed by atoms with van der Waals surface area (Å²) >= 11 is 0. The van der Waals surface area contributed by atoms with Gasteiger partial charge in [0.15, 0.2) is 0 Å². The average molecular weight is 277 g/mol. The predicted molar refractivity (Wildman–Crippen MR) is 75.2 cm³/mol. The molecule has 0 saturated heterocycles. The van der Waals surface area contributed by atoms with Gasteiger partial charge < -0.3 is 19.2 Å². The van der Waals surface area contributed by atoms with E-state index in [1.165, 1.54) is 0 Å². The van der Waals surface area contributed by atoms with E-state index >= 15 is 0 Å². The third kappa shape index (κ3) is 3.88. The Morgan fingerprint density at radius 2 is 1.95 bits per heavy atom. The Bertz CT molecular complexity index is 506. The van der Waals surface area contributed by atoms with Gasteiger partial charge in [-0.05, 0) is 25.5 Å². The highest BCUT2D eigenvalue weighted by Crippen LogP contribution is 2.18. The third-order valence-corrected chi connectivity index (χ3v) is 2.88. The first-order valence-electron chi connectivity index (χ1n) is 6.47. The SMILES string of the molecule is COc1cc(OC)nc(NC(C)CCc2ccco2)n1. The average Bonchev–Trinajstić information content (AvgIpc) is 2.98. The van der Waals surface area contributed by atoms with Gasteiger partial charge in [-0.3, -0.25) is 0 Å². The van der Waals surface area contributed by atoms with Crippen LogP contribution in [-0.4, -0.2) is 30.2 Å². The van der Waals surface area contributed by atoms with Gasteiger partial charge >= 0.3 is 0 Å². The Kier molecular flexibility index (Phi) is 4.81. The lowest BCUT2D eigenvalue weighted by molar-refractivity contribution is 0.372. The second-order valence-corrected chi connectivity index (χ2v) is 4.44. The van der Waals surface area contributed by atoms with Crippen LogP contribution in [0.15, 0.2) is 28.9 Å². The molecule has 2 heterocycles. The minimum absolute atomic E-state index is 0.205. The molecule has 2 rings (SSSR count). The molecule has 6 nitrogen and oxygen atoms in total. The van der Waals surface area contributed by atoms with Gasteiger partial charge in [0.2, 0.25) is 17.7 Å². The summed E-state index contributed by atoms with van der Waals surface area (Å²) in [5, 5.41) is 3.23. The highest BCUT2D eigenvalue weighted by Gasteiger charge is 2.09. The van der Waals surface area contributed by atoms with E-state index in [0.29, 0.717) is 17.7 Å². The summed E-state index contributed by atoms with van der Waals surface area (Å²) < 4.78 is 15.5. The highest BCUT2D eigenvalue weighted by molar-refractivity contribution is 5.34. The number of furan rings is 1. The number of rotatable bonds is 7. The Balaban J connectivity index is 1.94. The second kappa shape index (κ2) is 6.79. The van der Waals surface area contributed by atoms with Crippen LogP contribution in [0.4, 0.5) is 5.95 Å². The van der Waals surface area contributed by atoms with Crippen LogP contribution >= 0.6 is 0 Å². The normalized spacial score (nSPS) is 11.9. The molecule has 0 radical (unpaired) electrons. The first-order chi connectivity index (χ1) is 9.71. The Labute approximate surface area is 118 Å². The van der Waals surface area contributed by atoms with E-state index in [0.717, 1.165) is 18.6 Å². The first kappa shape index (κ1) is 14.2. The smallest absolute Gasteiger partial charge is 0.229 e. The van der Waals surface area contributed by atoms with Crippen LogP contribution in [0.3, 0.4) is 0 Å². The summed E-state index contributed by atoms with van der Waals surface area (Å²) in [6.07, 6.45) is 3.46. The fourth-order valence-corrected chi connectivity index (χ4v) is 1.78. The number of nitrogens with one attached hydrogen (secondary N) is 1. The second-order valence-electron chi connectivity index (χ2n) is 4.44. The van der Waals surface area contributed by atoms with Crippen LogP contribution in [-0.2, 0) is 6.42 Å². The summed E-state index contributed by atoms with van der Waals surface area (Å²) in [6.45, 7) is 2.07. The first-order valence-corrected chi connectivity index (χ1v) is 6.47. The molecule has 0 aliphatic heterocycles. The van der Waals surface area contributed by atoms with Crippen molar-refractivity contribution in [1.29, 1.82) is 0 Å². The molecule has 0 aliphatic rings. The number of anilines is 1. The molecule has 1 atom stereocenters. The maximum atomic E-state index is 5.31. The fraction of sp³-hybridized carbons (Fsp3) is 0.429. The quantitative estimate of drug-likeness (QED) is 0.838. The van der Waals surface area contributed by atoms with Gasteiger partial charge in [0.25, 0.3) is 0 Å². The Morgan fingerprint density at radius 1 is 1.25 bits per heavy atom. The molecule has 0 spiro atoms. The van der Waals surface area contributed by atoms with E-state index in [9.17, 15) is 0 Å². The van der Waals surface area contributed by atoms with E-state index in [-0.39, 0.29) is 6.04 Å². The van der Waals surface area contributed by atoms with Gasteiger partial charge in [0.1, 0.15) is 5.76 Å². The third-order valence-electron chi connectivity index (χ3n) is 2.88. The zero-order chi connectivity index (χ0) is 14.4. The lowest BCUT2D eigenvalue weighted by Crippen LogP contribution is -2.18. The molecule has 0 aromatic carbocycles. The number of aromatic nitrogens is 2. The minimum atomic E-state index is 0.205. The van der Waals surface area contributed by atoms with E-state index in [2.05, 4.69) is 22.2 Å². The molecule has 0 amide bonds. The Morgan fingerprint density at radius 3 is 2.50 bits per heavy atom. The van der Waals surface area contributed by atoms with E-state index < -0.39 is 0 Å². The summed E-state index contributed by atoms with van der Waals surface area (Å²) in [5.41, 5.74) is 0. The summed E-state index contributed by atoms with van der Waals surface area (Å²) in [7, 11) is 3.12. The van der Waals surface area contributed by atoms with Crippen molar-refractivity contribution >= 4 is 5.95 Å². The van der Waals surface area contributed by atoms with Crippen molar-refractivity contribution in [2.45, 2.75) is 25.8 Å². The number of hydrogen-bond donors (Lipinski definition) is 1. The Hall–Kier alpha value is -2.24. The molecule has 0 fully saturated rings. The van der Waals surface area contributed by atoms with Crippen molar-refractivity contribution in [2.24, 2.45) is 0 Å². The largest absolute Gasteiger partial charge is 0.481 e. The predicted octanol–water partition coefficient (Wildman–Crippen LogP) is 2.52. The van der Waals surface area contributed by atoms with Gasteiger partial charge in [-0.2, -0.15) is 9.97 Å². The van der Waals surface area contributed by atoms with E-state index in [4.69, 9.17) is 13.9 Å².